The van der Waals surface area contributed by atoms with E-state index in [9.17, 15) is 28.1 Å². The van der Waals surface area contributed by atoms with Crippen LogP contribution >= 0.6 is 11.6 Å². The minimum absolute atomic E-state index is 0.000132. The minimum atomic E-state index is -5.08. The first kappa shape index (κ1) is 30.3. The van der Waals surface area contributed by atoms with Crippen molar-refractivity contribution in [2.45, 2.75) is 43.9 Å². The molecule has 1 aromatic heterocycles. The van der Waals surface area contributed by atoms with Crippen molar-refractivity contribution in [2.24, 2.45) is 0 Å². The summed E-state index contributed by atoms with van der Waals surface area (Å²) in [5.74, 6) is -1.63. The van der Waals surface area contributed by atoms with Gasteiger partial charge in [0.15, 0.2) is 0 Å². The van der Waals surface area contributed by atoms with Gasteiger partial charge in [-0.2, -0.15) is 18.2 Å². The van der Waals surface area contributed by atoms with Crippen molar-refractivity contribution < 1.29 is 32.8 Å². The van der Waals surface area contributed by atoms with E-state index < -0.39 is 17.1 Å². The Bertz CT molecular complexity index is 1400. The first-order chi connectivity index (χ1) is 18.8. The summed E-state index contributed by atoms with van der Waals surface area (Å²) < 4.78 is 31.7. The SMILES string of the molecule is CN(C)c1nc(NC2CCC(NC(=O)c3ccc(Cl)c([N+](=O)[O-])c3)CC2)nc2ccccc12.O=C(O)C(F)(F)F. The molecule has 3 aromatic rings. The van der Waals surface area contributed by atoms with Gasteiger partial charge in [-0.15, -0.1) is 0 Å². The molecule has 1 aliphatic carbocycles. The number of nitrogens with one attached hydrogen (secondary N) is 2. The number of rotatable bonds is 6. The highest BCUT2D eigenvalue weighted by Gasteiger charge is 2.38. The molecule has 214 valence electrons. The number of fused-ring (bicyclic) bond motifs is 1. The molecule has 15 heteroatoms. The van der Waals surface area contributed by atoms with Gasteiger partial charge >= 0.3 is 12.1 Å². The number of hydrogen-bond acceptors (Lipinski definition) is 8. The molecular formula is C25H26ClF3N6O5. The molecule has 11 nitrogen and oxygen atoms in total. The van der Waals surface area contributed by atoms with E-state index in [-0.39, 0.29) is 34.3 Å². The van der Waals surface area contributed by atoms with E-state index in [1.54, 1.807) is 0 Å². The van der Waals surface area contributed by atoms with Crippen molar-refractivity contribution in [1.82, 2.24) is 15.3 Å². The lowest BCUT2D eigenvalue weighted by atomic mass is 9.91. The average molecular weight is 583 g/mol. The van der Waals surface area contributed by atoms with Crippen LogP contribution in [0, 0.1) is 10.1 Å². The highest BCUT2D eigenvalue weighted by Crippen LogP contribution is 2.28. The third kappa shape index (κ3) is 7.91. The maximum absolute atomic E-state index is 12.6. The zero-order valence-corrected chi connectivity index (χ0v) is 22.2. The average Bonchev–Trinajstić information content (AvgIpc) is 2.89. The topological polar surface area (TPSA) is 151 Å². The predicted octanol–water partition coefficient (Wildman–Crippen LogP) is 5.04. The number of nitrogens with zero attached hydrogens (tertiary/aromatic N) is 4. The van der Waals surface area contributed by atoms with E-state index >= 15 is 0 Å². The Kier molecular flexibility index (Phi) is 9.69. The number of para-hydroxylation sites is 1. The predicted molar refractivity (Wildman–Crippen MR) is 143 cm³/mol. The van der Waals surface area contributed by atoms with Crippen molar-refractivity contribution in [3.05, 3.63) is 63.2 Å². The molecule has 2 aromatic carbocycles. The summed E-state index contributed by atoms with van der Waals surface area (Å²) >= 11 is 5.84. The number of halogens is 4. The zero-order valence-electron chi connectivity index (χ0n) is 21.4. The number of alkyl halides is 3. The Morgan fingerprint density at radius 1 is 1.07 bits per heavy atom. The molecular weight excluding hydrogens is 557 g/mol. The van der Waals surface area contributed by atoms with Crippen LogP contribution in [0.1, 0.15) is 36.0 Å². The molecule has 0 spiro atoms. The van der Waals surface area contributed by atoms with E-state index in [4.69, 9.17) is 26.5 Å². The third-order valence-corrected chi connectivity index (χ3v) is 6.37. The van der Waals surface area contributed by atoms with Crippen LogP contribution in [0.3, 0.4) is 0 Å². The number of carboxylic acid groups (broad SMARTS) is 1. The van der Waals surface area contributed by atoms with Gasteiger partial charge in [0.25, 0.3) is 11.6 Å². The van der Waals surface area contributed by atoms with Gasteiger partial charge < -0.3 is 20.6 Å². The minimum Gasteiger partial charge on any atom is -0.475 e. The van der Waals surface area contributed by atoms with Crippen LogP contribution in [0.5, 0.6) is 0 Å². The van der Waals surface area contributed by atoms with Gasteiger partial charge in [-0.3, -0.25) is 14.9 Å². The molecule has 0 atom stereocenters. The fourth-order valence-electron chi connectivity index (χ4n) is 4.09. The first-order valence-electron chi connectivity index (χ1n) is 12.0. The lowest BCUT2D eigenvalue weighted by molar-refractivity contribution is -0.384. The largest absolute Gasteiger partial charge is 0.490 e. The number of amides is 1. The summed E-state index contributed by atoms with van der Waals surface area (Å²) in [7, 11) is 3.92. The molecule has 3 N–H and O–H groups in total. The van der Waals surface area contributed by atoms with Crippen molar-refractivity contribution >= 4 is 51.8 Å². The summed E-state index contributed by atoms with van der Waals surface area (Å²) in [5.41, 5.74) is 0.841. The zero-order chi connectivity index (χ0) is 29.6. The molecule has 1 amide bonds. The standard InChI is InChI=1S/C23H25ClN6O3.C2HF3O2/c1-29(2)21-17-5-3-4-6-19(17)27-23(28-21)26-16-10-8-15(9-11-16)25-22(31)14-7-12-18(24)20(13-14)30(32)33;3-2(4,5)1(6)7/h3-7,12-13,15-16H,8-11H2,1-2H3,(H,25,31)(H,26,27,28);(H,6,7). The third-order valence-electron chi connectivity index (χ3n) is 6.05. The van der Waals surface area contributed by atoms with Crippen molar-refractivity contribution in [3.8, 4) is 0 Å². The molecule has 0 saturated heterocycles. The molecule has 4 rings (SSSR count). The number of nitro groups is 1. The highest BCUT2D eigenvalue weighted by atomic mass is 35.5. The highest BCUT2D eigenvalue weighted by molar-refractivity contribution is 6.32. The van der Waals surface area contributed by atoms with Crippen LogP contribution in [0.4, 0.5) is 30.6 Å². The van der Waals surface area contributed by atoms with Crippen LogP contribution < -0.4 is 15.5 Å². The second kappa shape index (κ2) is 12.8. The fraction of sp³-hybridized carbons (Fsp3) is 0.360. The van der Waals surface area contributed by atoms with Gasteiger partial charge in [-0.05, 0) is 49.9 Å². The number of benzene rings is 2. The Hall–Kier alpha value is -4.20. The Balaban J connectivity index is 0.000000559. The van der Waals surface area contributed by atoms with E-state index in [2.05, 4.69) is 15.6 Å². The van der Waals surface area contributed by atoms with E-state index in [1.807, 2.05) is 43.3 Å². The summed E-state index contributed by atoms with van der Waals surface area (Å²) in [4.78, 5) is 43.3. The Labute approximate surface area is 231 Å². The van der Waals surface area contributed by atoms with Gasteiger partial charge in [0.2, 0.25) is 5.95 Å². The maximum atomic E-state index is 12.6. The van der Waals surface area contributed by atoms with E-state index in [1.165, 1.54) is 18.2 Å². The number of carboxylic acids is 1. The van der Waals surface area contributed by atoms with Crippen molar-refractivity contribution in [1.29, 1.82) is 0 Å². The lowest BCUT2D eigenvalue weighted by Crippen LogP contribution is -2.40. The maximum Gasteiger partial charge on any atom is 0.490 e. The smallest absolute Gasteiger partial charge is 0.475 e. The molecule has 40 heavy (non-hydrogen) atoms. The normalized spacial score (nSPS) is 16.9. The summed E-state index contributed by atoms with van der Waals surface area (Å²) in [6.45, 7) is 0. The van der Waals surface area contributed by atoms with Crippen molar-refractivity contribution in [2.75, 3.05) is 24.3 Å². The van der Waals surface area contributed by atoms with Gasteiger partial charge in [0.1, 0.15) is 10.8 Å². The van der Waals surface area contributed by atoms with Gasteiger partial charge in [-0.1, -0.05) is 23.7 Å². The molecule has 0 unspecified atom stereocenters. The number of aromatic nitrogens is 2. The number of carbonyl (C=O) groups excluding carboxylic acids is 1. The number of carbonyl (C=O) groups is 2. The summed E-state index contributed by atoms with van der Waals surface area (Å²) in [5, 5.41) is 25.6. The van der Waals surface area contributed by atoms with E-state index in [0.717, 1.165) is 42.4 Å². The number of nitro benzene ring substituents is 1. The molecule has 0 aliphatic heterocycles. The molecule has 0 bridgehead atoms. The fourth-order valence-corrected chi connectivity index (χ4v) is 4.28. The van der Waals surface area contributed by atoms with Gasteiger partial charge in [0.05, 0.1) is 10.4 Å². The molecule has 1 saturated carbocycles. The first-order valence-corrected chi connectivity index (χ1v) is 12.4. The van der Waals surface area contributed by atoms with Crippen LogP contribution in [0.15, 0.2) is 42.5 Å². The monoisotopic (exact) mass is 582 g/mol. The van der Waals surface area contributed by atoms with Crippen LogP contribution in [0.25, 0.3) is 10.9 Å². The summed E-state index contributed by atoms with van der Waals surface area (Å²) in [6.07, 6.45) is -1.82. The van der Waals surface area contributed by atoms with Gasteiger partial charge in [-0.25, -0.2) is 9.78 Å². The number of hydrogen-bond donors (Lipinski definition) is 3. The molecule has 1 fully saturated rings. The van der Waals surface area contributed by atoms with E-state index in [0.29, 0.717) is 5.95 Å². The lowest BCUT2D eigenvalue weighted by Gasteiger charge is -2.30. The van der Waals surface area contributed by atoms with Crippen LogP contribution in [0.2, 0.25) is 5.02 Å². The summed E-state index contributed by atoms with van der Waals surface area (Å²) in [6, 6.07) is 12.2. The Morgan fingerprint density at radius 3 is 2.25 bits per heavy atom. The van der Waals surface area contributed by atoms with Crippen LogP contribution in [-0.2, 0) is 4.79 Å². The quantitative estimate of drug-likeness (QED) is 0.268. The molecule has 1 aliphatic rings. The number of aliphatic carboxylic acids is 1. The number of anilines is 2. The molecule has 1 heterocycles. The van der Waals surface area contributed by atoms with Crippen molar-refractivity contribution in [3.63, 3.8) is 0 Å². The Morgan fingerprint density at radius 2 is 1.68 bits per heavy atom. The van der Waals surface area contributed by atoms with Crippen LogP contribution in [-0.4, -0.2) is 64.2 Å². The molecule has 0 radical (unpaired) electrons. The second-order valence-electron chi connectivity index (χ2n) is 9.17. The van der Waals surface area contributed by atoms with Gasteiger partial charge in [0, 0.05) is 43.2 Å². The second-order valence-corrected chi connectivity index (χ2v) is 9.58.